The quantitative estimate of drug-likeness (QED) is 0.459. The van der Waals surface area contributed by atoms with E-state index in [2.05, 4.69) is 32.2 Å². The van der Waals surface area contributed by atoms with E-state index >= 15 is 0 Å². The highest BCUT2D eigenvalue weighted by molar-refractivity contribution is 5.81. The summed E-state index contributed by atoms with van der Waals surface area (Å²) in [5, 5.41) is 3.23. The van der Waals surface area contributed by atoms with Crippen LogP contribution in [0, 0.1) is 5.82 Å². The minimum absolute atomic E-state index is 0.218. The van der Waals surface area contributed by atoms with E-state index in [1.165, 1.54) is 12.1 Å². The van der Waals surface area contributed by atoms with Gasteiger partial charge in [-0.2, -0.15) is 0 Å². The summed E-state index contributed by atoms with van der Waals surface area (Å²) >= 11 is 0. The maximum Gasteiger partial charge on any atom is 0.223 e. The number of hydrogen-bond acceptors (Lipinski definition) is 7. The fourth-order valence-corrected chi connectivity index (χ4v) is 3.38. The maximum absolute atomic E-state index is 13.4. The molecule has 3 aromatic heterocycles. The van der Waals surface area contributed by atoms with Crippen LogP contribution < -0.4 is 15.8 Å². The molecular weight excluding hydrogens is 397 g/mol. The number of nitrogens with two attached hydrogens (primary N) is 1. The van der Waals surface area contributed by atoms with Gasteiger partial charge in [0.1, 0.15) is 23.9 Å². The number of nitrogen functional groups attached to an aromatic ring is 1. The van der Waals surface area contributed by atoms with E-state index in [0.29, 0.717) is 46.1 Å². The first-order chi connectivity index (χ1) is 15.1. The number of nitrogens with zero attached hydrogens (tertiary/aromatic N) is 4. The van der Waals surface area contributed by atoms with Gasteiger partial charge in [0.25, 0.3) is 0 Å². The molecule has 31 heavy (non-hydrogen) atoms. The van der Waals surface area contributed by atoms with Gasteiger partial charge in [-0.3, -0.25) is 0 Å². The zero-order valence-electron chi connectivity index (χ0n) is 16.8. The highest BCUT2D eigenvalue weighted by Gasteiger charge is 2.21. The zero-order chi connectivity index (χ0) is 21.4. The smallest absolute Gasteiger partial charge is 0.223 e. The number of hydrogen-bond donors (Lipinski definition) is 3. The minimum atomic E-state index is -0.307. The van der Waals surface area contributed by atoms with Crippen LogP contribution in [0.4, 0.5) is 16.2 Å². The van der Waals surface area contributed by atoms with Gasteiger partial charge in [-0.05, 0) is 42.8 Å². The van der Waals surface area contributed by atoms with E-state index in [1.54, 1.807) is 18.3 Å². The molecule has 156 valence electrons. The van der Waals surface area contributed by atoms with Crippen LogP contribution in [0.25, 0.3) is 34.0 Å². The van der Waals surface area contributed by atoms with Crippen molar-refractivity contribution in [3.8, 4) is 39.8 Å². The number of rotatable bonds is 4. The molecule has 0 atom stereocenters. The molecule has 0 unspecified atom stereocenters. The van der Waals surface area contributed by atoms with Crippen LogP contribution in [0.5, 0.6) is 5.75 Å². The molecule has 4 aromatic rings. The first-order valence-corrected chi connectivity index (χ1v) is 9.97. The normalized spacial score (nSPS) is 12.1. The van der Waals surface area contributed by atoms with Crippen molar-refractivity contribution >= 4 is 11.8 Å². The van der Waals surface area contributed by atoms with Gasteiger partial charge in [-0.1, -0.05) is 6.92 Å². The molecule has 5 rings (SSSR count). The predicted molar refractivity (Wildman–Crippen MR) is 116 cm³/mol. The van der Waals surface area contributed by atoms with Crippen molar-refractivity contribution in [1.82, 2.24) is 24.9 Å². The van der Waals surface area contributed by atoms with Gasteiger partial charge in [0.15, 0.2) is 11.6 Å². The van der Waals surface area contributed by atoms with Crippen LogP contribution in [-0.2, 0) is 6.61 Å². The highest BCUT2D eigenvalue weighted by Crippen LogP contribution is 2.36. The molecule has 1 aliphatic heterocycles. The van der Waals surface area contributed by atoms with Crippen LogP contribution in [-0.4, -0.2) is 31.5 Å². The number of H-pyrrole nitrogens is 1. The lowest BCUT2D eigenvalue weighted by Gasteiger charge is -2.14. The molecule has 1 aliphatic rings. The van der Waals surface area contributed by atoms with Gasteiger partial charge in [0.2, 0.25) is 5.95 Å². The van der Waals surface area contributed by atoms with Crippen LogP contribution in [0.3, 0.4) is 0 Å². The lowest BCUT2D eigenvalue weighted by atomic mass is 10.1. The van der Waals surface area contributed by atoms with E-state index in [9.17, 15) is 4.39 Å². The van der Waals surface area contributed by atoms with Crippen LogP contribution in [0.2, 0.25) is 0 Å². The summed E-state index contributed by atoms with van der Waals surface area (Å²) in [6.07, 6.45) is 2.60. The second-order valence-corrected chi connectivity index (χ2v) is 7.21. The molecule has 0 saturated heterocycles. The van der Waals surface area contributed by atoms with Crippen LogP contribution >= 0.6 is 0 Å². The van der Waals surface area contributed by atoms with Crippen LogP contribution in [0.15, 0.2) is 42.6 Å². The monoisotopic (exact) mass is 417 g/mol. The summed E-state index contributed by atoms with van der Waals surface area (Å²) in [4.78, 5) is 21.6. The van der Waals surface area contributed by atoms with Gasteiger partial charge in [-0.25, -0.2) is 24.3 Å². The van der Waals surface area contributed by atoms with Gasteiger partial charge >= 0.3 is 0 Å². The third-order valence-corrected chi connectivity index (χ3v) is 4.92. The van der Waals surface area contributed by atoms with Gasteiger partial charge < -0.3 is 20.8 Å². The Balaban J connectivity index is 1.72. The summed E-state index contributed by atoms with van der Waals surface area (Å²) in [7, 11) is 0. The van der Waals surface area contributed by atoms with Crippen LogP contribution in [0.1, 0.15) is 19.0 Å². The number of fused-ring (bicyclic) bond motifs is 7. The Morgan fingerprint density at radius 2 is 1.97 bits per heavy atom. The zero-order valence-corrected chi connectivity index (χ0v) is 16.8. The molecule has 0 radical (unpaired) electrons. The molecule has 0 saturated carbocycles. The van der Waals surface area contributed by atoms with Crippen molar-refractivity contribution in [3.63, 3.8) is 0 Å². The third-order valence-electron chi connectivity index (χ3n) is 4.92. The predicted octanol–water partition coefficient (Wildman–Crippen LogP) is 4.03. The molecule has 1 aromatic carbocycles. The number of halogens is 1. The van der Waals surface area contributed by atoms with E-state index in [-0.39, 0.29) is 12.4 Å². The summed E-state index contributed by atoms with van der Waals surface area (Å²) < 4.78 is 19.3. The van der Waals surface area contributed by atoms with Crippen molar-refractivity contribution in [2.45, 2.75) is 20.0 Å². The SMILES string of the molecule is CCCNc1nc2cc(n1)-c1nc(-c3ccc(F)cc3)[nH]c1-c1cnc(N)c(c1)OC2. The molecule has 0 amide bonds. The molecule has 0 spiro atoms. The Bertz CT molecular complexity index is 1250. The topological polar surface area (TPSA) is 115 Å². The minimum Gasteiger partial charge on any atom is -0.483 e. The van der Waals surface area contributed by atoms with Crippen molar-refractivity contribution in [2.24, 2.45) is 0 Å². The standard InChI is InChI=1S/C22H20FN7O/c1-2-7-25-22-27-15-9-16(28-22)19-18(13-8-17(31-11-15)20(24)26-10-13)29-21(30-19)12-3-5-14(23)6-4-12/h3-6,8-10H,2,7,11H2,1H3,(H2,24,26)(H,29,30)(H,25,27,28). The first kappa shape index (κ1) is 19.0. The molecule has 4 N–H and O–H groups in total. The largest absolute Gasteiger partial charge is 0.483 e. The fourth-order valence-electron chi connectivity index (χ4n) is 3.38. The Morgan fingerprint density at radius 1 is 1.13 bits per heavy atom. The third kappa shape index (κ3) is 3.65. The Hall–Kier alpha value is -4.01. The molecule has 4 bridgehead atoms. The average Bonchev–Trinajstić information content (AvgIpc) is 3.22. The number of nitrogens with one attached hydrogen (secondary N) is 2. The number of aromatic amines is 1. The number of pyridine rings is 1. The molecule has 4 heterocycles. The van der Waals surface area contributed by atoms with E-state index in [0.717, 1.165) is 24.1 Å². The molecule has 8 nitrogen and oxygen atoms in total. The summed E-state index contributed by atoms with van der Waals surface area (Å²) in [6.45, 7) is 3.03. The lowest BCUT2D eigenvalue weighted by Crippen LogP contribution is -2.10. The summed E-state index contributed by atoms with van der Waals surface area (Å²) in [6, 6.07) is 9.82. The first-order valence-electron chi connectivity index (χ1n) is 9.97. The van der Waals surface area contributed by atoms with Crippen molar-refractivity contribution in [1.29, 1.82) is 0 Å². The van der Waals surface area contributed by atoms with Crippen molar-refractivity contribution in [3.05, 3.63) is 54.1 Å². The fraction of sp³-hybridized carbons (Fsp3) is 0.182. The van der Waals surface area contributed by atoms with E-state index < -0.39 is 0 Å². The van der Waals surface area contributed by atoms with Crippen molar-refractivity contribution < 1.29 is 9.13 Å². The van der Waals surface area contributed by atoms with Gasteiger partial charge in [-0.15, -0.1) is 0 Å². The molecule has 9 heteroatoms. The summed E-state index contributed by atoms with van der Waals surface area (Å²) in [5.41, 5.74) is 10.2. The van der Waals surface area contributed by atoms with Gasteiger partial charge in [0.05, 0.1) is 17.1 Å². The average molecular weight is 417 g/mol. The molecule has 0 fully saturated rings. The number of ether oxygens (including phenoxy) is 1. The summed E-state index contributed by atoms with van der Waals surface area (Å²) in [5.74, 6) is 1.55. The number of anilines is 2. The highest BCUT2D eigenvalue weighted by atomic mass is 19.1. The Kier molecular flexibility index (Phi) is 4.70. The molecular formula is C22H20FN7O. The maximum atomic E-state index is 13.4. The number of benzene rings is 1. The number of imidazole rings is 1. The van der Waals surface area contributed by atoms with E-state index in [1.807, 2.05) is 12.1 Å². The number of aromatic nitrogens is 5. The lowest BCUT2D eigenvalue weighted by molar-refractivity contribution is 0.302. The second kappa shape index (κ2) is 7.67. The second-order valence-electron chi connectivity index (χ2n) is 7.21. The Labute approximate surface area is 177 Å². The van der Waals surface area contributed by atoms with Gasteiger partial charge in [0, 0.05) is 23.9 Å². The molecule has 0 aliphatic carbocycles. The van der Waals surface area contributed by atoms with E-state index in [4.69, 9.17) is 15.5 Å². The van der Waals surface area contributed by atoms with Crippen molar-refractivity contribution in [2.75, 3.05) is 17.6 Å². The Morgan fingerprint density at radius 3 is 2.77 bits per heavy atom.